The monoisotopic (exact) mass is 263 g/mol. The Balaban J connectivity index is 1.50. The molecule has 2 fully saturated rings. The van der Waals surface area contributed by atoms with Crippen LogP contribution >= 0.6 is 0 Å². The van der Waals surface area contributed by atoms with Crippen LogP contribution < -0.4 is 5.73 Å². The predicted octanol–water partition coefficient (Wildman–Crippen LogP) is 0.512. The Bertz CT molecular complexity index is 396. The maximum Gasteiger partial charge on any atom is 0.0950 e. The summed E-state index contributed by atoms with van der Waals surface area (Å²) in [7, 11) is 0. The van der Waals surface area contributed by atoms with Gasteiger partial charge in [0.2, 0.25) is 0 Å². The van der Waals surface area contributed by atoms with Crippen LogP contribution in [0.4, 0.5) is 0 Å². The summed E-state index contributed by atoms with van der Waals surface area (Å²) >= 11 is 0. The first-order valence-corrected chi connectivity index (χ1v) is 7.52. The first-order valence-electron chi connectivity index (χ1n) is 7.52. The molecule has 1 unspecified atom stereocenters. The van der Waals surface area contributed by atoms with Crippen molar-refractivity contribution in [1.29, 1.82) is 0 Å². The predicted molar refractivity (Wildman–Crippen MR) is 75.8 cm³/mol. The SMILES string of the molecule is NCCn1cnc(CN2CCC(N3CCCC3)C2)c1. The molecule has 2 aliphatic rings. The number of nitrogens with two attached hydrogens (primary N) is 1. The van der Waals surface area contributed by atoms with Crippen molar-refractivity contribution in [2.75, 3.05) is 32.7 Å². The van der Waals surface area contributed by atoms with E-state index in [0.29, 0.717) is 6.54 Å². The number of nitrogens with zero attached hydrogens (tertiary/aromatic N) is 4. The molecule has 3 rings (SSSR count). The van der Waals surface area contributed by atoms with Gasteiger partial charge in [-0.25, -0.2) is 4.98 Å². The highest BCUT2D eigenvalue weighted by Gasteiger charge is 2.29. The molecule has 0 spiro atoms. The molecule has 19 heavy (non-hydrogen) atoms. The first-order chi connectivity index (χ1) is 9.35. The van der Waals surface area contributed by atoms with Gasteiger partial charge in [-0.3, -0.25) is 9.80 Å². The largest absolute Gasteiger partial charge is 0.336 e. The lowest BCUT2D eigenvalue weighted by Gasteiger charge is -2.23. The second kappa shape index (κ2) is 6.03. The van der Waals surface area contributed by atoms with Gasteiger partial charge in [0.1, 0.15) is 0 Å². The highest BCUT2D eigenvalue weighted by molar-refractivity contribution is 4.98. The number of aromatic nitrogens is 2. The average molecular weight is 263 g/mol. The van der Waals surface area contributed by atoms with Gasteiger partial charge in [0, 0.05) is 45.0 Å². The molecule has 0 aliphatic carbocycles. The van der Waals surface area contributed by atoms with Crippen LogP contribution in [0.25, 0.3) is 0 Å². The third-order valence-corrected chi connectivity index (χ3v) is 4.36. The Morgan fingerprint density at radius 2 is 2.11 bits per heavy atom. The zero-order valence-corrected chi connectivity index (χ0v) is 11.7. The topological polar surface area (TPSA) is 50.3 Å². The third-order valence-electron chi connectivity index (χ3n) is 4.36. The van der Waals surface area contributed by atoms with Crippen LogP contribution in [0.1, 0.15) is 25.0 Å². The van der Waals surface area contributed by atoms with Gasteiger partial charge in [0.25, 0.3) is 0 Å². The van der Waals surface area contributed by atoms with Crippen LogP contribution in [0.5, 0.6) is 0 Å². The van der Waals surface area contributed by atoms with Crippen LogP contribution in [-0.4, -0.2) is 58.1 Å². The Labute approximate surface area is 115 Å². The fourth-order valence-corrected chi connectivity index (χ4v) is 3.35. The lowest BCUT2D eigenvalue weighted by Crippen LogP contribution is -2.35. The molecular weight excluding hydrogens is 238 g/mol. The summed E-state index contributed by atoms with van der Waals surface area (Å²) in [4.78, 5) is 9.69. The molecule has 2 saturated heterocycles. The summed E-state index contributed by atoms with van der Waals surface area (Å²) < 4.78 is 2.09. The fraction of sp³-hybridized carbons (Fsp3) is 0.786. The molecule has 2 N–H and O–H groups in total. The normalized spacial score (nSPS) is 25.4. The zero-order valence-electron chi connectivity index (χ0n) is 11.7. The summed E-state index contributed by atoms with van der Waals surface area (Å²) in [6.45, 7) is 7.57. The molecule has 1 aromatic rings. The molecule has 5 nitrogen and oxygen atoms in total. The first kappa shape index (κ1) is 13.1. The minimum atomic E-state index is 0.677. The second-order valence-electron chi connectivity index (χ2n) is 5.81. The van der Waals surface area contributed by atoms with E-state index in [9.17, 15) is 0 Å². The summed E-state index contributed by atoms with van der Waals surface area (Å²) in [5.74, 6) is 0. The smallest absolute Gasteiger partial charge is 0.0950 e. The minimum absolute atomic E-state index is 0.677. The van der Waals surface area contributed by atoms with Crippen molar-refractivity contribution in [1.82, 2.24) is 19.4 Å². The van der Waals surface area contributed by atoms with Gasteiger partial charge >= 0.3 is 0 Å². The minimum Gasteiger partial charge on any atom is -0.336 e. The van der Waals surface area contributed by atoms with Gasteiger partial charge in [-0.15, -0.1) is 0 Å². The number of imidazole rings is 1. The summed E-state index contributed by atoms with van der Waals surface area (Å²) in [5.41, 5.74) is 6.73. The summed E-state index contributed by atoms with van der Waals surface area (Å²) in [5, 5.41) is 0. The van der Waals surface area contributed by atoms with Crippen molar-refractivity contribution >= 4 is 0 Å². The lowest BCUT2D eigenvalue weighted by molar-refractivity contribution is 0.229. The average Bonchev–Trinajstić information content (AvgIpc) is 3.10. The number of hydrogen-bond donors (Lipinski definition) is 1. The van der Waals surface area contributed by atoms with E-state index in [1.165, 1.54) is 51.1 Å². The molecular formula is C14H25N5. The van der Waals surface area contributed by atoms with Gasteiger partial charge < -0.3 is 10.3 Å². The second-order valence-corrected chi connectivity index (χ2v) is 5.81. The summed E-state index contributed by atoms with van der Waals surface area (Å²) in [6, 6.07) is 0.786. The maximum atomic E-state index is 5.56. The molecule has 0 bridgehead atoms. The Morgan fingerprint density at radius 3 is 2.89 bits per heavy atom. The third kappa shape index (κ3) is 3.16. The summed E-state index contributed by atoms with van der Waals surface area (Å²) in [6.07, 6.45) is 8.13. The molecule has 106 valence electrons. The van der Waals surface area contributed by atoms with E-state index in [4.69, 9.17) is 5.73 Å². The molecule has 5 heteroatoms. The standard InChI is InChI=1S/C14H25N5/c15-4-8-18-10-13(16-12-18)9-17-7-3-14(11-17)19-5-1-2-6-19/h10,12,14H,1-9,11,15H2. The van der Waals surface area contributed by atoms with Crippen molar-refractivity contribution in [3.63, 3.8) is 0 Å². The molecule has 1 aromatic heterocycles. The van der Waals surface area contributed by atoms with Crippen molar-refractivity contribution in [3.05, 3.63) is 18.2 Å². The molecule has 0 radical (unpaired) electrons. The van der Waals surface area contributed by atoms with E-state index in [1.807, 2.05) is 6.33 Å². The Morgan fingerprint density at radius 1 is 1.26 bits per heavy atom. The zero-order chi connectivity index (χ0) is 13.1. The van der Waals surface area contributed by atoms with Gasteiger partial charge in [0.15, 0.2) is 0 Å². The number of likely N-dealkylation sites (tertiary alicyclic amines) is 2. The highest BCUT2D eigenvalue weighted by Crippen LogP contribution is 2.21. The van der Waals surface area contributed by atoms with Crippen LogP contribution in [0, 0.1) is 0 Å². The van der Waals surface area contributed by atoms with Gasteiger partial charge in [-0.2, -0.15) is 0 Å². The lowest BCUT2D eigenvalue weighted by atomic mass is 10.2. The van der Waals surface area contributed by atoms with Crippen molar-refractivity contribution in [3.8, 4) is 0 Å². The maximum absolute atomic E-state index is 5.56. The van der Waals surface area contributed by atoms with E-state index < -0.39 is 0 Å². The molecule has 1 atom stereocenters. The fourth-order valence-electron chi connectivity index (χ4n) is 3.35. The van der Waals surface area contributed by atoms with Gasteiger partial charge in [-0.1, -0.05) is 0 Å². The number of hydrogen-bond acceptors (Lipinski definition) is 4. The van der Waals surface area contributed by atoms with Crippen LogP contribution in [0.2, 0.25) is 0 Å². The quantitative estimate of drug-likeness (QED) is 0.841. The van der Waals surface area contributed by atoms with E-state index in [0.717, 1.165) is 19.1 Å². The van der Waals surface area contributed by atoms with E-state index in [2.05, 4.69) is 25.5 Å². The Hall–Kier alpha value is -0.910. The Kier molecular flexibility index (Phi) is 4.15. The van der Waals surface area contributed by atoms with Crippen LogP contribution in [0.3, 0.4) is 0 Å². The van der Waals surface area contributed by atoms with Gasteiger partial charge in [0.05, 0.1) is 12.0 Å². The highest BCUT2D eigenvalue weighted by atomic mass is 15.3. The molecule has 0 amide bonds. The van der Waals surface area contributed by atoms with Crippen molar-refractivity contribution in [2.45, 2.75) is 38.4 Å². The van der Waals surface area contributed by atoms with Crippen LogP contribution in [0.15, 0.2) is 12.5 Å². The van der Waals surface area contributed by atoms with Crippen molar-refractivity contribution < 1.29 is 0 Å². The molecule has 0 saturated carbocycles. The number of rotatable bonds is 5. The van der Waals surface area contributed by atoms with Crippen LogP contribution in [-0.2, 0) is 13.1 Å². The van der Waals surface area contributed by atoms with E-state index in [1.54, 1.807) is 0 Å². The molecule has 0 aromatic carbocycles. The van der Waals surface area contributed by atoms with Gasteiger partial charge in [-0.05, 0) is 32.4 Å². The van der Waals surface area contributed by atoms with E-state index >= 15 is 0 Å². The molecule has 3 heterocycles. The molecule has 2 aliphatic heterocycles. The van der Waals surface area contributed by atoms with E-state index in [-0.39, 0.29) is 0 Å². The van der Waals surface area contributed by atoms with Crippen molar-refractivity contribution in [2.24, 2.45) is 5.73 Å².